The van der Waals surface area contributed by atoms with Crippen molar-refractivity contribution in [3.63, 3.8) is 0 Å². The molecule has 0 amide bonds. The number of fused-ring (bicyclic) bond motifs is 1. The highest BCUT2D eigenvalue weighted by atomic mass is 127. The maximum atomic E-state index is 10.1. The molecule has 4 nitrogen and oxygen atoms in total. The van der Waals surface area contributed by atoms with E-state index in [9.17, 15) is 5.11 Å². The minimum Gasteiger partial charge on any atom is -0.493 e. The van der Waals surface area contributed by atoms with Gasteiger partial charge in [-0.05, 0) is 79.6 Å². The van der Waals surface area contributed by atoms with Gasteiger partial charge in [-0.15, -0.1) is 0 Å². The fraction of sp³-hybridized carbons (Fsp3) is 0.647. The van der Waals surface area contributed by atoms with E-state index in [1.165, 1.54) is 5.56 Å². The second-order valence-electron chi connectivity index (χ2n) is 6.52. The van der Waals surface area contributed by atoms with Crippen LogP contribution in [0.2, 0.25) is 0 Å². The average Bonchev–Trinajstić information content (AvgIpc) is 2.84. The van der Waals surface area contributed by atoms with Crippen molar-refractivity contribution in [3.05, 3.63) is 21.3 Å². The largest absolute Gasteiger partial charge is 0.493 e. The first kappa shape index (κ1) is 16.3. The van der Waals surface area contributed by atoms with Gasteiger partial charge >= 0.3 is 0 Å². The van der Waals surface area contributed by atoms with Gasteiger partial charge in [-0.3, -0.25) is 0 Å². The molecule has 0 bridgehead atoms. The summed E-state index contributed by atoms with van der Waals surface area (Å²) in [5, 5.41) is 10.1. The number of aliphatic hydroxyl groups is 1. The van der Waals surface area contributed by atoms with Crippen molar-refractivity contribution in [3.8, 4) is 11.5 Å². The Hall–Kier alpha value is -0.530. The third-order valence-electron chi connectivity index (χ3n) is 5.51. The Morgan fingerprint density at radius 1 is 1.27 bits per heavy atom. The molecule has 1 saturated carbocycles. The predicted octanol–water partition coefficient (Wildman–Crippen LogP) is 2.80. The van der Waals surface area contributed by atoms with Crippen LogP contribution >= 0.6 is 22.6 Å². The Morgan fingerprint density at radius 2 is 2.05 bits per heavy atom. The molecule has 3 rings (SSSR count). The van der Waals surface area contributed by atoms with Gasteiger partial charge in [-0.1, -0.05) is 0 Å². The van der Waals surface area contributed by atoms with Crippen molar-refractivity contribution in [2.45, 2.75) is 43.2 Å². The first-order valence-electron chi connectivity index (χ1n) is 7.82. The minimum atomic E-state index is -0.169. The number of rotatable bonds is 3. The quantitative estimate of drug-likeness (QED) is 0.769. The van der Waals surface area contributed by atoms with E-state index in [4.69, 9.17) is 9.47 Å². The van der Waals surface area contributed by atoms with Gasteiger partial charge in [0.2, 0.25) is 0 Å². The van der Waals surface area contributed by atoms with Gasteiger partial charge < -0.3 is 19.5 Å². The van der Waals surface area contributed by atoms with Gasteiger partial charge in [0, 0.05) is 11.5 Å². The van der Waals surface area contributed by atoms with Crippen molar-refractivity contribution in [1.29, 1.82) is 0 Å². The summed E-state index contributed by atoms with van der Waals surface area (Å²) in [6.45, 7) is 1.09. The molecule has 1 aliphatic heterocycles. The van der Waals surface area contributed by atoms with E-state index in [0.29, 0.717) is 6.04 Å². The number of hydrogen-bond acceptors (Lipinski definition) is 4. The fourth-order valence-corrected chi connectivity index (χ4v) is 5.13. The summed E-state index contributed by atoms with van der Waals surface area (Å²) < 4.78 is 12.1. The van der Waals surface area contributed by atoms with E-state index >= 15 is 0 Å². The number of ether oxygens (including phenoxy) is 2. The fourth-order valence-electron chi connectivity index (χ4n) is 4.30. The molecular formula is C17H24INO3. The average molecular weight is 417 g/mol. The summed E-state index contributed by atoms with van der Waals surface area (Å²) in [6.07, 6.45) is 3.76. The summed E-state index contributed by atoms with van der Waals surface area (Å²) in [6, 6.07) is 4.79. The number of likely N-dealkylation sites (tertiary alicyclic amines) is 1. The van der Waals surface area contributed by atoms with Crippen LogP contribution in [-0.2, 0) is 5.41 Å². The lowest BCUT2D eigenvalue weighted by Crippen LogP contribution is -2.47. The Labute approximate surface area is 145 Å². The van der Waals surface area contributed by atoms with Crippen molar-refractivity contribution in [2.75, 3.05) is 27.8 Å². The SMILES string of the molecule is COc1cc([C@@]23CC[C@H](O)C[C@@H]2N(C)CC3)cc(I)c1OC. The molecule has 0 aromatic heterocycles. The molecule has 122 valence electrons. The Kier molecular flexibility index (Phi) is 4.58. The van der Waals surface area contributed by atoms with E-state index < -0.39 is 0 Å². The van der Waals surface area contributed by atoms with Crippen LogP contribution in [0.4, 0.5) is 0 Å². The van der Waals surface area contributed by atoms with Gasteiger partial charge in [0.05, 0.1) is 23.9 Å². The number of methoxy groups -OCH3 is 2. The highest BCUT2D eigenvalue weighted by Crippen LogP contribution is 2.50. The molecule has 1 aromatic rings. The zero-order valence-corrected chi connectivity index (χ0v) is 15.6. The number of nitrogens with zero attached hydrogens (tertiary/aromatic N) is 1. The number of benzene rings is 1. The molecule has 1 aliphatic carbocycles. The smallest absolute Gasteiger partial charge is 0.174 e. The van der Waals surface area contributed by atoms with Gasteiger partial charge in [-0.25, -0.2) is 0 Å². The van der Waals surface area contributed by atoms with Crippen LogP contribution in [-0.4, -0.2) is 50.0 Å². The molecule has 1 heterocycles. The van der Waals surface area contributed by atoms with Crippen molar-refractivity contribution in [1.82, 2.24) is 4.90 Å². The first-order valence-corrected chi connectivity index (χ1v) is 8.90. The van der Waals surface area contributed by atoms with E-state index in [1.807, 2.05) is 0 Å². The second-order valence-corrected chi connectivity index (χ2v) is 7.69. The Bertz CT molecular complexity index is 565. The molecule has 5 heteroatoms. The molecule has 0 unspecified atom stereocenters. The summed E-state index contributed by atoms with van der Waals surface area (Å²) in [7, 11) is 5.55. The third kappa shape index (κ3) is 2.51. The van der Waals surface area contributed by atoms with E-state index in [0.717, 1.165) is 47.3 Å². The van der Waals surface area contributed by atoms with Crippen LogP contribution in [0.5, 0.6) is 11.5 Å². The van der Waals surface area contributed by atoms with Crippen molar-refractivity contribution < 1.29 is 14.6 Å². The van der Waals surface area contributed by atoms with E-state index in [-0.39, 0.29) is 11.5 Å². The second kappa shape index (κ2) is 6.17. The molecule has 0 radical (unpaired) electrons. The number of hydrogen-bond donors (Lipinski definition) is 1. The Morgan fingerprint density at radius 3 is 2.73 bits per heavy atom. The number of halogens is 1. The van der Waals surface area contributed by atoms with E-state index in [1.54, 1.807) is 14.2 Å². The molecule has 1 N–H and O–H groups in total. The topological polar surface area (TPSA) is 41.9 Å². The van der Waals surface area contributed by atoms with E-state index in [2.05, 4.69) is 46.7 Å². The molecule has 0 spiro atoms. The van der Waals surface area contributed by atoms with Crippen LogP contribution in [0, 0.1) is 3.57 Å². The summed E-state index contributed by atoms with van der Waals surface area (Å²) >= 11 is 2.32. The maximum Gasteiger partial charge on any atom is 0.174 e. The van der Waals surface area contributed by atoms with Gasteiger partial charge in [0.15, 0.2) is 11.5 Å². The van der Waals surface area contributed by atoms with Gasteiger partial charge in [-0.2, -0.15) is 0 Å². The summed E-state index contributed by atoms with van der Waals surface area (Å²) in [4.78, 5) is 2.41. The minimum absolute atomic E-state index is 0.132. The third-order valence-corrected chi connectivity index (χ3v) is 6.31. The maximum absolute atomic E-state index is 10.1. The molecule has 3 atom stereocenters. The summed E-state index contributed by atoms with van der Waals surface area (Å²) in [5.41, 5.74) is 1.46. The first-order chi connectivity index (χ1) is 10.5. The summed E-state index contributed by atoms with van der Waals surface area (Å²) in [5.74, 6) is 1.61. The zero-order chi connectivity index (χ0) is 15.9. The van der Waals surface area contributed by atoms with Crippen LogP contribution in [0.3, 0.4) is 0 Å². The van der Waals surface area contributed by atoms with Crippen LogP contribution in [0.1, 0.15) is 31.2 Å². The normalized spacial score (nSPS) is 31.9. The molecule has 1 aromatic carbocycles. The molecule has 2 fully saturated rings. The van der Waals surface area contributed by atoms with Crippen molar-refractivity contribution >= 4 is 22.6 Å². The molecular weight excluding hydrogens is 393 g/mol. The lowest BCUT2D eigenvalue weighted by atomic mass is 9.65. The van der Waals surface area contributed by atoms with Crippen molar-refractivity contribution in [2.24, 2.45) is 0 Å². The molecule has 1 saturated heterocycles. The van der Waals surface area contributed by atoms with Crippen LogP contribution in [0.25, 0.3) is 0 Å². The lowest BCUT2D eigenvalue weighted by molar-refractivity contribution is 0.0566. The predicted molar refractivity (Wildman–Crippen MR) is 94.8 cm³/mol. The standard InChI is InChI=1S/C17H24INO3/c1-19-7-6-17(5-4-12(20)10-15(17)19)11-8-13(18)16(22-3)14(9-11)21-2/h8-9,12,15,20H,4-7,10H2,1-3H3/t12-,15-,17-/m0/s1. The van der Waals surface area contributed by atoms with Gasteiger partial charge in [0.25, 0.3) is 0 Å². The Balaban J connectivity index is 2.07. The monoisotopic (exact) mass is 417 g/mol. The highest BCUT2D eigenvalue weighted by Gasteiger charge is 2.50. The van der Waals surface area contributed by atoms with Crippen LogP contribution < -0.4 is 9.47 Å². The molecule has 22 heavy (non-hydrogen) atoms. The van der Waals surface area contributed by atoms with Crippen LogP contribution in [0.15, 0.2) is 12.1 Å². The number of aliphatic hydroxyl groups excluding tert-OH is 1. The molecule has 2 aliphatic rings. The highest BCUT2D eigenvalue weighted by molar-refractivity contribution is 14.1. The zero-order valence-electron chi connectivity index (χ0n) is 13.4. The number of likely N-dealkylation sites (N-methyl/N-ethyl adjacent to an activating group) is 1. The van der Waals surface area contributed by atoms with Gasteiger partial charge in [0.1, 0.15) is 0 Å². The lowest BCUT2D eigenvalue weighted by Gasteiger charge is -2.43.